The van der Waals surface area contributed by atoms with Gasteiger partial charge in [0.05, 0.1) is 6.04 Å². The molecule has 1 aromatic rings. The fraction of sp³-hybridized carbons (Fsp3) is 0.462. The van der Waals surface area contributed by atoms with Gasteiger partial charge in [0.2, 0.25) is 0 Å². The van der Waals surface area contributed by atoms with Crippen molar-refractivity contribution in [3.05, 3.63) is 35.9 Å². The van der Waals surface area contributed by atoms with E-state index in [4.69, 9.17) is 5.73 Å². The largest absolute Gasteiger partial charge is 0.350 e. The van der Waals surface area contributed by atoms with Crippen LogP contribution in [-0.2, 0) is 0 Å². The summed E-state index contributed by atoms with van der Waals surface area (Å²) in [7, 11) is 0. The number of rotatable bonds is 2. The normalized spacial score (nSPS) is 24.3. The van der Waals surface area contributed by atoms with Gasteiger partial charge >= 0.3 is 6.03 Å². The number of benzene rings is 1. The van der Waals surface area contributed by atoms with E-state index < -0.39 is 6.03 Å². The van der Waals surface area contributed by atoms with E-state index in [0.717, 1.165) is 25.7 Å². The average molecular weight is 234 g/mol. The highest BCUT2D eigenvalue weighted by molar-refractivity contribution is 5.70. The highest BCUT2D eigenvalue weighted by Gasteiger charge is 2.28. The number of nitrogens with two attached hydrogens (primary N) is 1. The topological polar surface area (TPSA) is 66.6 Å². The minimum absolute atomic E-state index is 0.147. The van der Waals surface area contributed by atoms with Crippen LogP contribution >= 0.6 is 0 Å². The number of hydrogen-bond donors (Lipinski definition) is 2. The number of hydroxylamine groups is 2. The molecule has 0 aliphatic heterocycles. The minimum Gasteiger partial charge on any atom is -0.350 e. The molecule has 2 rings (SSSR count). The summed E-state index contributed by atoms with van der Waals surface area (Å²) >= 11 is 0. The molecular formula is C13H18N2O2. The lowest BCUT2D eigenvalue weighted by atomic mass is 9.81. The molecule has 2 atom stereocenters. The standard InChI is InChI=1S/C13H18N2O2/c14-13(16)15(17)12-8-4-7-11(9-12)10-5-2-1-3-6-10/h1-3,5-6,11-12,17H,4,7-9H2,(H2,14,16)/t11-,12?/m1/s1. The van der Waals surface area contributed by atoms with Crippen molar-refractivity contribution < 1.29 is 10.0 Å². The molecule has 4 heteroatoms. The van der Waals surface area contributed by atoms with Crippen molar-refractivity contribution in [2.75, 3.05) is 0 Å². The van der Waals surface area contributed by atoms with Gasteiger partial charge in [-0.15, -0.1) is 0 Å². The van der Waals surface area contributed by atoms with Crippen molar-refractivity contribution in [3.8, 4) is 0 Å². The highest BCUT2D eigenvalue weighted by Crippen LogP contribution is 2.34. The van der Waals surface area contributed by atoms with Crippen LogP contribution < -0.4 is 5.73 Å². The number of carbonyl (C=O) groups excluding carboxylic acids is 1. The van der Waals surface area contributed by atoms with Crippen LogP contribution in [0.15, 0.2) is 30.3 Å². The Morgan fingerprint density at radius 3 is 2.65 bits per heavy atom. The molecule has 17 heavy (non-hydrogen) atoms. The Labute approximate surface area is 101 Å². The molecule has 1 aliphatic carbocycles. The lowest BCUT2D eigenvalue weighted by Gasteiger charge is -2.33. The summed E-state index contributed by atoms with van der Waals surface area (Å²) in [6.07, 6.45) is 3.72. The molecule has 3 N–H and O–H groups in total. The molecule has 4 nitrogen and oxygen atoms in total. The molecule has 1 aliphatic rings. The zero-order chi connectivity index (χ0) is 12.3. The smallest absolute Gasteiger partial charge is 0.338 e. The number of hydrogen-bond acceptors (Lipinski definition) is 2. The predicted molar refractivity (Wildman–Crippen MR) is 64.6 cm³/mol. The Balaban J connectivity index is 2.05. The molecule has 0 radical (unpaired) electrons. The number of urea groups is 1. The van der Waals surface area contributed by atoms with E-state index in [-0.39, 0.29) is 6.04 Å². The summed E-state index contributed by atoms with van der Waals surface area (Å²) in [5.74, 6) is 0.406. The number of carbonyl (C=O) groups is 1. The van der Waals surface area contributed by atoms with E-state index in [0.29, 0.717) is 11.0 Å². The van der Waals surface area contributed by atoms with Crippen LogP contribution in [0.25, 0.3) is 0 Å². The Bertz CT molecular complexity index is 380. The molecule has 0 saturated heterocycles. The van der Waals surface area contributed by atoms with E-state index in [1.165, 1.54) is 5.56 Å². The Morgan fingerprint density at radius 2 is 2.00 bits per heavy atom. The zero-order valence-electron chi connectivity index (χ0n) is 9.75. The molecule has 0 spiro atoms. The molecular weight excluding hydrogens is 216 g/mol. The van der Waals surface area contributed by atoms with Crippen molar-refractivity contribution in [1.82, 2.24) is 5.06 Å². The Morgan fingerprint density at radius 1 is 1.29 bits per heavy atom. The van der Waals surface area contributed by atoms with E-state index >= 15 is 0 Å². The maximum absolute atomic E-state index is 10.9. The Hall–Kier alpha value is -1.55. The summed E-state index contributed by atoms with van der Waals surface area (Å²) in [6, 6.07) is 9.31. The van der Waals surface area contributed by atoms with Gasteiger partial charge in [0.15, 0.2) is 0 Å². The number of primary amides is 1. The zero-order valence-corrected chi connectivity index (χ0v) is 9.75. The second-order valence-corrected chi connectivity index (χ2v) is 4.61. The summed E-state index contributed by atoms with van der Waals surface area (Å²) in [4.78, 5) is 10.9. The molecule has 1 aromatic carbocycles. The minimum atomic E-state index is -0.760. The van der Waals surface area contributed by atoms with Crippen LogP contribution in [0.2, 0.25) is 0 Å². The highest BCUT2D eigenvalue weighted by atomic mass is 16.5. The first-order chi connectivity index (χ1) is 8.18. The molecule has 92 valence electrons. The fourth-order valence-electron chi connectivity index (χ4n) is 2.59. The Kier molecular flexibility index (Phi) is 3.64. The monoisotopic (exact) mass is 234 g/mol. The molecule has 2 amide bonds. The second-order valence-electron chi connectivity index (χ2n) is 4.61. The maximum Gasteiger partial charge on any atom is 0.338 e. The molecule has 1 saturated carbocycles. The summed E-state index contributed by atoms with van der Waals surface area (Å²) in [5, 5.41) is 10.3. The van der Waals surface area contributed by atoms with Crippen LogP contribution in [-0.4, -0.2) is 22.3 Å². The fourth-order valence-corrected chi connectivity index (χ4v) is 2.59. The first-order valence-electron chi connectivity index (χ1n) is 6.01. The van der Waals surface area contributed by atoms with E-state index in [9.17, 15) is 10.0 Å². The van der Waals surface area contributed by atoms with Gasteiger partial charge < -0.3 is 5.73 Å². The van der Waals surface area contributed by atoms with Gasteiger partial charge in [-0.1, -0.05) is 36.8 Å². The lowest BCUT2D eigenvalue weighted by molar-refractivity contribution is -0.0858. The van der Waals surface area contributed by atoms with E-state index in [1.54, 1.807) is 0 Å². The van der Waals surface area contributed by atoms with E-state index in [2.05, 4.69) is 12.1 Å². The third-order valence-corrected chi connectivity index (χ3v) is 3.49. The van der Waals surface area contributed by atoms with Gasteiger partial charge in [0.25, 0.3) is 0 Å². The van der Waals surface area contributed by atoms with Crippen molar-refractivity contribution >= 4 is 6.03 Å². The predicted octanol–water partition coefficient (Wildman–Crippen LogP) is 2.48. The van der Waals surface area contributed by atoms with Crippen molar-refractivity contribution in [1.29, 1.82) is 0 Å². The second kappa shape index (κ2) is 5.19. The number of nitrogens with zero attached hydrogens (tertiary/aromatic N) is 1. The lowest BCUT2D eigenvalue weighted by Crippen LogP contribution is -2.43. The first-order valence-corrected chi connectivity index (χ1v) is 6.01. The van der Waals surface area contributed by atoms with Crippen LogP contribution in [0.4, 0.5) is 4.79 Å². The van der Waals surface area contributed by atoms with E-state index in [1.807, 2.05) is 18.2 Å². The molecule has 0 bridgehead atoms. The SMILES string of the molecule is NC(=O)N(O)C1CCC[C@@H](c2ccccc2)C1. The van der Waals surface area contributed by atoms with Crippen LogP contribution in [0.1, 0.15) is 37.2 Å². The van der Waals surface area contributed by atoms with Crippen molar-refractivity contribution in [2.24, 2.45) is 5.73 Å². The van der Waals surface area contributed by atoms with Gasteiger partial charge in [-0.2, -0.15) is 0 Å². The van der Waals surface area contributed by atoms with Gasteiger partial charge in [-0.05, 0) is 30.7 Å². The molecule has 0 heterocycles. The molecule has 0 aromatic heterocycles. The third-order valence-electron chi connectivity index (χ3n) is 3.49. The maximum atomic E-state index is 10.9. The van der Waals surface area contributed by atoms with Gasteiger partial charge in [-0.25, -0.2) is 9.86 Å². The first kappa shape index (κ1) is 11.9. The van der Waals surface area contributed by atoms with Gasteiger partial charge in [-0.3, -0.25) is 5.21 Å². The van der Waals surface area contributed by atoms with Gasteiger partial charge in [0.1, 0.15) is 0 Å². The summed E-state index contributed by atoms with van der Waals surface area (Å²) in [5.41, 5.74) is 6.36. The quantitative estimate of drug-likeness (QED) is 0.609. The van der Waals surface area contributed by atoms with Crippen molar-refractivity contribution in [2.45, 2.75) is 37.6 Å². The number of amides is 2. The van der Waals surface area contributed by atoms with Gasteiger partial charge in [0, 0.05) is 0 Å². The van der Waals surface area contributed by atoms with Crippen molar-refractivity contribution in [3.63, 3.8) is 0 Å². The molecule has 1 unspecified atom stereocenters. The van der Waals surface area contributed by atoms with Crippen LogP contribution in [0.3, 0.4) is 0 Å². The van der Waals surface area contributed by atoms with Crippen LogP contribution in [0, 0.1) is 0 Å². The average Bonchev–Trinajstić information content (AvgIpc) is 2.39. The van der Waals surface area contributed by atoms with Crippen LogP contribution in [0.5, 0.6) is 0 Å². The summed E-state index contributed by atoms with van der Waals surface area (Å²) < 4.78 is 0. The molecule has 1 fully saturated rings. The third kappa shape index (κ3) is 2.77. The summed E-state index contributed by atoms with van der Waals surface area (Å²) in [6.45, 7) is 0.